The van der Waals surface area contributed by atoms with Crippen molar-refractivity contribution in [3.8, 4) is 0 Å². The van der Waals surface area contributed by atoms with Crippen LogP contribution in [0.4, 0.5) is 5.69 Å². The van der Waals surface area contributed by atoms with Crippen LogP contribution in [0.3, 0.4) is 0 Å². The van der Waals surface area contributed by atoms with Gasteiger partial charge in [-0.1, -0.05) is 23.7 Å². The molecule has 2 aromatic carbocycles. The maximum Gasteiger partial charge on any atom is 0.238 e. The summed E-state index contributed by atoms with van der Waals surface area (Å²) >= 11 is 6.02. The van der Waals surface area contributed by atoms with Crippen molar-refractivity contribution in [1.82, 2.24) is 10.2 Å². The minimum absolute atomic E-state index is 0.0397. The van der Waals surface area contributed by atoms with E-state index in [2.05, 4.69) is 5.32 Å². The molecule has 0 aliphatic carbocycles. The predicted octanol–water partition coefficient (Wildman–Crippen LogP) is 1.76. The molecular weight excluding hydrogens is 440 g/mol. The van der Waals surface area contributed by atoms with E-state index in [0.717, 1.165) is 5.56 Å². The van der Waals surface area contributed by atoms with Crippen molar-refractivity contribution < 1.29 is 18.0 Å². The van der Waals surface area contributed by atoms with Crippen molar-refractivity contribution in [3.63, 3.8) is 0 Å². The van der Waals surface area contributed by atoms with Crippen molar-refractivity contribution in [2.24, 2.45) is 11.1 Å². The monoisotopic (exact) mass is 464 g/mol. The maximum absolute atomic E-state index is 13.0. The van der Waals surface area contributed by atoms with Crippen LogP contribution in [-0.2, 0) is 19.6 Å². The molecule has 1 aliphatic heterocycles. The van der Waals surface area contributed by atoms with Crippen molar-refractivity contribution >= 4 is 39.1 Å². The fourth-order valence-corrected chi connectivity index (χ4v) is 4.29. The highest BCUT2D eigenvalue weighted by molar-refractivity contribution is 7.89. The summed E-state index contributed by atoms with van der Waals surface area (Å²) in [6.07, 6.45) is 0.0397. The van der Waals surface area contributed by atoms with E-state index in [1.54, 1.807) is 24.3 Å². The van der Waals surface area contributed by atoms with Crippen LogP contribution < -0.4 is 15.4 Å². The number of carbonyl (C=O) groups excluding carboxylic acids is 2. The van der Waals surface area contributed by atoms with Crippen LogP contribution in [0.25, 0.3) is 0 Å². The summed E-state index contributed by atoms with van der Waals surface area (Å²) in [6.45, 7) is 1.14. The van der Waals surface area contributed by atoms with Gasteiger partial charge in [0.2, 0.25) is 21.8 Å². The summed E-state index contributed by atoms with van der Waals surface area (Å²) in [7, 11) is -0.0320. The highest BCUT2D eigenvalue weighted by Gasteiger charge is 2.45. The molecule has 3 N–H and O–H groups in total. The Bertz CT molecular complexity index is 1060. The molecule has 0 unspecified atom stereocenters. The molecule has 31 heavy (non-hydrogen) atoms. The molecule has 1 heterocycles. The van der Waals surface area contributed by atoms with Crippen molar-refractivity contribution in [3.05, 3.63) is 59.1 Å². The zero-order valence-electron chi connectivity index (χ0n) is 17.3. The quantitative estimate of drug-likeness (QED) is 0.648. The number of hydrogen-bond acceptors (Lipinski definition) is 5. The average Bonchev–Trinajstić information content (AvgIpc) is 3.05. The molecular formula is C21H25ClN4O4S. The Balaban J connectivity index is 1.95. The Morgan fingerprint density at radius 3 is 2.32 bits per heavy atom. The number of rotatable bonds is 7. The van der Waals surface area contributed by atoms with E-state index in [1.807, 2.05) is 19.0 Å². The lowest BCUT2D eigenvalue weighted by molar-refractivity contribution is -0.126. The van der Waals surface area contributed by atoms with Gasteiger partial charge in [-0.05, 0) is 56.1 Å². The number of anilines is 1. The number of sulfonamides is 1. The zero-order chi connectivity index (χ0) is 22.8. The number of halogens is 1. The summed E-state index contributed by atoms with van der Waals surface area (Å²) in [6, 6.07) is 12.2. The van der Waals surface area contributed by atoms with E-state index >= 15 is 0 Å². The Morgan fingerprint density at radius 2 is 1.77 bits per heavy atom. The van der Waals surface area contributed by atoms with Crippen LogP contribution >= 0.6 is 11.6 Å². The molecule has 0 spiro atoms. The lowest BCUT2D eigenvalue weighted by atomic mass is 9.92. The molecule has 1 aliphatic rings. The molecule has 0 bridgehead atoms. The Morgan fingerprint density at radius 1 is 1.16 bits per heavy atom. The molecule has 2 amide bonds. The Kier molecular flexibility index (Phi) is 7.00. The van der Waals surface area contributed by atoms with E-state index < -0.39 is 22.0 Å². The predicted molar refractivity (Wildman–Crippen MR) is 119 cm³/mol. The van der Waals surface area contributed by atoms with Gasteiger partial charge in [0.05, 0.1) is 16.9 Å². The average molecular weight is 465 g/mol. The normalized spacial score (nSPS) is 19.1. The second kappa shape index (κ2) is 9.35. The third kappa shape index (κ3) is 5.43. The topological polar surface area (TPSA) is 113 Å². The second-order valence-corrected chi connectivity index (χ2v) is 9.70. The molecule has 3 rings (SSSR count). The van der Waals surface area contributed by atoms with E-state index in [1.165, 1.54) is 29.2 Å². The number of amides is 2. The lowest BCUT2D eigenvalue weighted by Gasteiger charge is -2.28. The van der Waals surface area contributed by atoms with Crippen LogP contribution in [0.2, 0.25) is 5.02 Å². The molecule has 0 radical (unpaired) electrons. The molecule has 1 fully saturated rings. The van der Waals surface area contributed by atoms with Crippen LogP contribution in [0.1, 0.15) is 18.0 Å². The highest BCUT2D eigenvalue weighted by Crippen LogP contribution is 2.41. The summed E-state index contributed by atoms with van der Waals surface area (Å²) in [5.74, 6) is -1.04. The van der Waals surface area contributed by atoms with Gasteiger partial charge in [-0.25, -0.2) is 13.6 Å². The molecule has 0 saturated carbocycles. The summed E-state index contributed by atoms with van der Waals surface area (Å²) < 4.78 is 23.1. The number of nitrogens with one attached hydrogen (secondary N) is 1. The van der Waals surface area contributed by atoms with E-state index in [9.17, 15) is 18.0 Å². The first-order valence-electron chi connectivity index (χ1n) is 9.71. The van der Waals surface area contributed by atoms with Crippen LogP contribution in [0.5, 0.6) is 0 Å². The van der Waals surface area contributed by atoms with Gasteiger partial charge in [0.15, 0.2) is 0 Å². The summed E-state index contributed by atoms with van der Waals surface area (Å²) in [4.78, 5) is 29.4. The van der Waals surface area contributed by atoms with Gasteiger partial charge in [-0.15, -0.1) is 0 Å². The van der Waals surface area contributed by atoms with E-state index in [-0.39, 0.29) is 23.1 Å². The standard InChI is InChI=1S/C21H25ClN4O4S/c1-25(2)12-11-24-21(28)18-13-19(27)26(20(18)14-3-5-15(22)6-4-14)16-7-9-17(10-8-16)31(23,29)30/h3-10,18,20H,11-13H2,1-2H3,(H,24,28)(H2,23,29,30)/t18-,20+/m0/s1. The number of benzene rings is 2. The molecule has 8 nitrogen and oxygen atoms in total. The van der Waals surface area contributed by atoms with Gasteiger partial charge < -0.3 is 15.1 Å². The maximum atomic E-state index is 13.0. The first-order valence-corrected chi connectivity index (χ1v) is 11.6. The molecule has 1 saturated heterocycles. The lowest BCUT2D eigenvalue weighted by Crippen LogP contribution is -2.38. The minimum Gasteiger partial charge on any atom is -0.354 e. The fourth-order valence-electron chi connectivity index (χ4n) is 3.65. The molecule has 166 valence electrons. The van der Waals surface area contributed by atoms with Crippen molar-refractivity contribution in [2.45, 2.75) is 17.4 Å². The largest absolute Gasteiger partial charge is 0.354 e. The second-order valence-electron chi connectivity index (χ2n) is 7.70. The van der Waals surface area contributed by atoms with Gasteiger partial charge in [-0.2, -0.15) is 0 Å². The van der Waals surface area contributed by atoms with Crippen molar-refractivity contribution in [2.75, 3.05) is 32.1 Å². The molecule has 2 atom stereocenters. The van der Waals surface area contributed by atoms with Gasteiger partial charge in [-0.3, -0.25) is 9.59 Å². The van der Waals surface area contributed by atoms with Gasteiger partial charge in [0.25, 0.3) is 0 Å². The third-order valence-electron chi connectivity index (χ3n) is 5.17. The third-order valence-corrected chi connectivity index (χ3v) is 6.35. The van der Waals surface area contributed by atoms with Crippen molar-refractivity contribution in [1.29, 1.82) is 0 Å². The number of hydrogen-bond donors (Lipinski definition) is 2. The first kappa shape index (κ1) is 23.2. The SMILES string of the molecule is CN(C)CCNC(=O)[C@H]1CC(=O)N(c2ccc(S(N)(=O)=O)cc2)[C@@H]1c1ccc(Cl)cc1. The van der Waals surface area contributed by atoms with Gasteiger partial charge >= 0.3 is 0 Å². The minimum atomic E-state index is -3.85. The molecule has 10 heteroatoms. The fraction of sp³-hybridized carbons (Fsp3) is 0.333. The molecule has 0 aromatic heterocycles. The number of primary sulfonamides is 1. The van der Waals surface area contributed by atoms with Crippen LogP contribution in [0, 0.1) is 5.92 Å². The number of nitrogens with two attached hydrogens (primary N) is 1. The van der Waals surface area contributed by atoms with Crippen LogP contribution in [-0.4, -0.2) is 52.3 Å². The number of likely N-dealkylation sites (N-methyl/N-ethyl adjacent to an activating group) is 1. The molecule has 2 aromatic rings. The number of nitrogens with zero attached hydrogens (tertiary/aromatic N) is 2. The first-order chi connectivity index (χ1) is 14.6. The van der Waals surface area contributed by atoms with E-state index in [0.29, 0.717) is 23.8 Å². The highest BCUT2D eigenvalue weighted by atomic mass is 35.5. The smallest absolute Gasteiger partial charge is 0.238 e. The number of carbonyl (C=O) groups is 2. The van der Waals surface area contributed by atoms with Crippen LogP contribution in [0.15, 0.2) is 53.4 Å². The van der Waals surface area contributed by atoms with Gasteiger partial charge in [0.1, 0.15) is 0 Å². The Hall–Kier alpha value is -2.46. The van der Waals surface area contributed by atoms with Gasteiger partial charge in [0, 0.05) is 30.2 Å². The summed E-state index contributed by atoms with van der Waals surface area (Å²) in [5, 5.41) is 8.63. The zero-order valence-corrected chi connectivity index (χ0v) is 18.9. The Labute approximate surface area is 187 Å². The summed E-state index contributed by atoms with van der Waals surface area (Å²) in [5.41, 5.74) is 1.25. The van der Waals surface area contributed by atoms with E-state index in [4.69, 9.17) is 16.7 Å².